The number of carbonyl (C=O) groups excluding carboxylic acids is 1. The van der Waals surface area contributed by atoms with Gasteiger partial charge in [0.25, 0.3) is 5.69 Å². The van der Waals surface area contributed by atoms with Gasteiger partial charge in [-0.1, -0.05) is 30.3 Å². The van der Waals surface area contributed by atoms with E-state index in [4.69, 9.17) is 0 Å². The lowest BCUT2D eigenvalue weighted by molar-refractivity contribution is -0.384. The van der Waals surface area contributed by atoms with Crippen molar-refractivity contribution in [3.05, 3.63) is 97.9 Å². The first-order valence-electron chi connectivity index (χ1n) is 9.77. The maximum absolute atomic E-state index is 13.4. The van der Waals surface area contributed by atoms with Gasteiger partial charge in [-0.25, -0.2) is 0 Å². The number of anilines is 2. The van der Waals surface area contributed by atoms with Crippen molar-refractivity contribution in [3.63, 3.8) is 0 Å². The molecule has 2 N–H and O–H groups in total. The molecule has 30 heavy (non-hydrogen) atoms. The van der Waals surface area contributed by atoms with E-state index in [-0.39, 0.29) is 17.4 Å². The van der Waals surface area contributed by atoms with Gasteiger partial charge in [-0.3, -0.25) is 14.9 Å². The van der Waals surface area contributed by atoms with Crippen LogP contribution in [0, 0.1) is 10.1 Å². The predicted octanol–water partition coefficient (Wildman–Crippen LogP) is 5.64. The molecule has 0 fully saturated rings. The molecule has 5 rings (SSSR count). The van der Waals surface area contributed by atoms with Crippen molar-refractivity contribution >= 4 is 34.2 Å². The number of benzene rings is 2. The Morgan fingerprint density at radius 3 is 2.60 bits per heavy atom. The first-order chi connectivity index (χ1) is 14.6. The Morgan fingerprint density at radius 1 is 1.00 bits per heavy atom. The number of hydrogen-bond acceptors (Lipinski definition) is 6. The summed E-state index contributed by atoms with van der Waals surface area (Å²) in [5.74, 6) is 0.207. The molecule has 0 saturated heterocycles. The van der Waals surface area contributed by atoms with Crippen LogP contribution in [0.25, 0.3) is 0 Å². The molecule has 2 unspecified atom stereocenters. The van der Waals surface area contributed by atoms with Crippen molar-refractivity contribution in [2.24, 2.45) is 0 Å². The summed E-state index contributed by atoms with van der Waals surface area (Å²) in [4.78, 5) is 25.5. The fourth-order valence-corrected chi connectivity index (χ4v) is 5.12. The van der Waals surface area contributed by atoms with E-state index in [1.54, 1.807) is 23.5 Å². The molecule has 3 aromatic rings. The van der Waals surface area contributed by atoms with Gasteiger partial charge in [-0.15, -0.1) is 11.3 Å². The van der Waals surface area contributed by atoms with E-state index in [2.05, 4.69) is 16.7 Å². The fourth-order valence-electron chi connectivity index (χ4n) is 4.29. The minimum absolute atomic E-state index is 0.0154. The number of rotatable bonds is 3. The number of nitro groups is 1. The van der Waals surface area contributed by atoms with Crippen LogP contribution in [-0.4, -0.2) is 10.7 Å². The van der Waals surface area contributed by atoms with Gasteiger partial charge < -0.3 is 10.6 Å². The van der Waals surface area contributed by atoms with Crippen LogP contribution in [0.15, 0.2) is 77.3 Å². The van der Waals surface area contributed by atoms with Gasteiger partial charge in [0, 0.05) is 40.6 Å². The van der Waals surface area contributed by atoms with Gasteiger partial charge in [-0.2, -0.15) is 0 Å². The Morgan fingerprint density at radius 2 is 1.83 bits per heavy atom. The molecular weight excluding hydrogens is 398 g/mol. The number of Topliss-reactive ketones (excluding diaryl/α,β-unsaturated/α-hetero) is 1. The highest BCUT2D eigenvalue weighted by atomic mass is 32.1. The lowest BCUT2D eigenvalue weighted by Crippen LogP contribution is -2.26. The lowest BCUT2D eigenvalue weighted by Gasteiger charge is -2.29. The second-order valence-corrected chi connectivity index (χ2v) is 8.52. The molecule has 2 aromatic carbocycles. The quantitative estimate of drug-likeness (QED) is 0.426. The molecule has 2 atom stereocenters. The van der Waals surface area contributed by atoms with Crippen molar-refractivity contribution in [1.82, 2.24) is 0 Å². The van der Waals surface area contributed by atoms with Gasteiger partial charge >= 0.3 is 0 Å². The minimum atomic E-state index is -0.451. The maximum atomic E-state index is 13.4. The monoisotopic (exact) mass is 417 g/mol. The van der Waals surface area contributed by atoms with Gasteiger partial charge in [0.05, 0.1) is 22.3 Å². The summed E-state index contributed by atoms with van der Waals surface area (Å²) in [6.07, 6.45) is 1.16. The fraction of sp³-hybridized carbons (Fsp3) is 0.174. The number of nitrogens with zero attached hydrogens (tertiary/aromatic N) is 1. The molecule has 1 aromatic heterocycles. The van der Waals surface area contributed by atoms with Crippen LogP contribution in [0.3, 0.4) is 0 Å². The number of carbonyl (C=O) groups is 1. The Kier molecular flexibility index (Phi) is 4.59. The third-order valence-corrected chi connectivity index (χ3v) is 6.70. The lowest BCUT2D eigenvalue weighted by atomic mass is 9.81. The molecule has 0 bridgehead atoms. The standard InChI is InChI=1S/C23H19N3O3S/c27-20-13-15(21-9-4-10-30-21)12-19-22(20)23(14-5-3-6-16(11-14)26(28)29)25-18-8-2-1-7-17(18)24-19/h1-11,15,23-25H,12-13H2. The van der Waals surface area contributed by atoms with E-state index in [1.807, 2.05) is 41.8 Å². The number of nitro benzene ring substituents is 1. The molecule has 0 amide bonds. The second kappa shape index (κ2) is 7.42. The van der Waals surface area contributed by atoms with E-state index in [9.17, 15) is 14.9 Å². The van der Waals surface area contributed by atoms with E-state index in [1.165, 1.54) is 10.9 Å². The number of fused-ring (bicyclic) bond motifs is 1. The summed E-state index contributed by atoms with van der Waals surface area (Å²) in [6.45, 7) is 0. The molecule has 1 aliphatic carbocycles. The van der Waals surface area contributed by atoms with E-state index in [0.29, 0.717) is 17.6 Å². The second-order valence-electron chi connectivity index (χ2n) is 7.54. The Balaban J connectivity index is 1.63. The zero-order chi connectivity index (χ0) is 20.7. The summed E-state index contributed by atoms with van der Waals surface area (Å²) in [6, 6.07) is 18.0. The Labute approximate surface area is 177 Å². The molecular formula is C23H19N3O3S. The normalized spacial score (nSPS) is 20.5. The number of thiophene rings is 1. The van der Waals surface area contributed by atoms with Crippen LogP contribution in [0.4, 0.5) is 17.1 Å². The average molecular weight is 417 g/mol. The van der Waals surface area contributed by atoms with Crippen LogP contribution in [-0.2, 0) is 4.79 Å². The van der Waals surface area contributed by atoms with E-state index in [0.717, 1.165) is 23.5 Å². The Hall–Kier alpha value is -3.45. The zero-order valence-electron chi connectivity index (χ0n) is 16.0. The molecule has 150 valence electrons. The molecule has 7 heteroatoms. The summed E-state index contributed by atoms with van der Waals surface area (Å²) >= 11 is 1.67. The highest BCUT2D eigenvalue weighted by molar-refractivity contribution is 7.10. The first kappa shape index (κ1) is 18.6. The van der Waals surface area contributed by atoms with Gasteiger partial charge in [0.2, 0.25) is 0 Å². The largest absolute Gasteiger partial charge is 0.372 e. The summed E-state index contributed by atoms with van der Waals surface area (Å²) in [7, 11) is 0. The minimum Gasteiger partial charge on any atom is -0.372 e. The number of allylic oxidation sites excluding steroid dienone is 1. The van der Waals surface area contributed by atoms with E-state index < -0.39 is 11.0 Å². The highest BCUT2D eigenvalue weighted by Gasteiger charge is 2.36. The number of nitrogens with one attached hydrogen (secondary N) is 2. The molecule has 2 heterocycles. The Bertz CT molecular complexity index is 1170. The van der Waals surface area contributed by atoms with Gasteiger partial charge in [-0.05, 0) is 35.6 Å². The molecule has 6 nitrogen and oxygen atoms in total. The smallest absolute Gasteiger partial charge is 0.269 e. The summed E-state index contributed by atoms with van der Waals surface area (Å²) in [5.41, 5.74) is 4.04. The van der Waals surface area contributed by atoms with Crippen LogP contribution >= 0.6 is 11.3 Å². The van der Waals surface area contributed by atoms with Crippen LogP contribution < -0.4 is 10.6 Å². The van der Waals surface area contributed by atoms with Crippen molar-refractivity contribution in [1.29, 1.82) is 0 Å². The van der Waals surface area contributed by atoms with E-state index >= 15 is 0 Å². The molecule has 0 radical (unpaired) electrons. The highest BCUT2D eigenvalue weighted by Crippen LogP contribution is 2.45. The molecule has 2 aliphatic rings. The summed E-state index contributed by atoms with van der Waals surface area (Å²) in [5, 5.41) is 20.3. The van der Waals surface area contributed by atoms with Crippen molar-refractivity contribution in [3.8, 4) is 0 Å². The molecule has 0 saturated carbocycles. The first-order valence-corrected chi connectivity index (χ1v) is 10.6. The maximum Gasteiger partial charge on any atom is 0.269 e. The van der Waals surface area contributed by atoms with Gasteiger partial charge in [0.1, 0.15) is 0 Å². The van der Waals surface area contributed by atoms with Crippen LogP contribution in [0.5, 0.6) is 0 Å². The number of non-ortho nitro benzene ring substituents is 1. The van der Waals surface area contributed by atoms with Crippen molar-refractivity contribution < 1.29 is 9.72 Å². The zero-order valence-corrected chi connectivity index (χ0v) is 16.8. The number of hydrogen-bond donors (Lipinski definition) is 2. The van der Waals surface area contributed by atoms with Gasteiger partial charge in [0.15, 0.2) is 5.78 Å². The summed E-state index contributed by atoms with van der Waals surface area (Å²) < 4.78 is 0. The predicted molar refractivity (Wildman–Crippen MR) is 118 cm³/mol. The third kappa shape index (κ3) is 3.27. The third-order valence-electron chi connectivity index (χ3n) is 5.67. The van der Waals surface area contributed by atoms with Crippen LogP contribution in [0.2, 0.25) is 0 Å². The number of ketones is 1. The van der Waals surface area contributed by atoms with Crippen molar-refractivity contribution in [2.75, 3.05) is 10.6 Å². The molecule has 1 aliphatic heterocycles. The molecule has 0 spiro atoms. The van der Waals surface area contributed by atoms with Crippen LogP contribution in [0.1, 0.15) is 35.2 Å². The SMILES string of the molecule is O=C1CC(c2cccs2)CC2=C1C(c1cccc([N+](=O)[O-])c1)Nc1ccccc1N2. The number of para-hydroxylation sites is 2. The van der Waals surface area contributed by atoms with Crippen molar-refractivity contribution in [2.45, 2.75) is 24.8 Å². The average Bonchev–Trinajstić information content (AvgIpc) is 3.23. The topological polar surface area (TPSA) is 84.3 Å².